The molecule has 0 amide bonds. The number of nitrogens with one attached hydrogen (secondary N) is 2. The molecule has 0 radical (unpaired) electrons. The number of pyridine rings is 1. The molecule has 0 spiro atoms. The maximum absolute atomic E-state index is 13.9. The Kier molecular flexibility index (Phi) is 8.78. The lowest BCUT2D eigenvalue weighted by molar-refractivity contribution is -0.136. The molecule has 0 saturated carbocycles. The highest BCUT2D eigenvalue weighted by atomic mass is 19.4. The molecule has 0 atom stereocenters. The highest BCUT2D eigenvalue weighted by Crippen LogP contribution is 2.39. The van der Waals surface area contributed by atoms with Crippen molar-refractivity contribution in [1.82, 2.24) is 19.8 Å². The largest absolute Gasteiger partial charge is 0.417 e. The molecule has 1 fully saturated rings. The maximum Gasteiger partial charge on any atom is 0.417 e. The Morgan fingerprint density at radius 1 is 0.917 bits per heavy atom. The number of rotatable bonds is 11. The van der Waals surface area contributed by atoms with E-state index in [0.29, 0.717) is 11.5 Å². The number of piperazine rings is 1. The van der Waals surface area contributed by atoms with E-state index in [0.717, 1.165) is 55.7 Å². The number of alkyl halides is 3. The Labute approximate surface area is 211 Å². The SMILES string of the molecule is CCc1c(C)c2c3c(C(F)(F)F)cc(=O)[nH]c3ccc2n1CCCCCCCCCN1CCNCC1. The van der Waals surface area contributed by atoms with Gasteiger partial charge in [0.25, 0.3) is 0 Å². The number of aromatic nitrogens is 2. The molecule has 3 aromatic rings. The number of hydrogen-bond acceptors (Lipinski definition) is 3. The van der Waals surface area contributed by atoms with E-state index in [9.17, 15) is 18.0 Å². The number of H-pyrrole nitrogens is 1. The van der Waals surface area contributed by atoms with Gasteiger partial charge in [0.05, 0.1) is 5.56 Å². The van der Waals surface area contributed by atoms with Gasteiger partial charge in [-0.2, -0.15) is 13.2 Å². The molecule has 4 rings (SSSR count). The second-order valence-corrected chi connectivity index (χ2v) is 10.1. The summed E-state index contributed by atoms with van der Waals surface area (Å²) in [6, 6.07) is 4.16. The van der Waals surface area contributed by atoms with Crippen LogP contribution in [0.4, 0.5) is 13.2 Å². The first kappa shape index (κ1) is 26.7. The summed E-state index contributed by atoms with van der Waals surface area (Å²) in [6.45, 7) is 10.5. The van der Waals surface area contributed by atoms with E-state index in [1.54, 1.807) is 6.07 Å². The number of fused-ring (bicyclic) bond motifs is 3. The van der Waals surface area contributed by atoms with Gasteiger partial charge in [0.15, 0.2) is 0 Å². The molecule has 2 N–H and O–H groups in total. The van der Waals surface area contributed by atoms with Crippen molar-refractivity contribution in [2.45, 2.75) is 77.9 Å². The summed E-state index contributed by atoms with van der Waals surface area (Å²) in [5.41, 5.74) is 1.42. The third-order valence-electron chi connectivity index (χ3n) is 7.62. The van der Waals surface area contributed by atoms with Crippen molar-refractivity contribution in [2.24, 2.45) is 0 Å². The highest BCUT2D eigenvalue weighted by molar-refractivity contribution is 6.09. The van der Waals surface area contributed by atoms with Gasteiger partial charge in [-0.15, -0.1) is 0 Å². The molecule has 5 nitrogen and oxygen atoms in total. The van der Waals surface area contributed by atoms with Crippen molar-refractivity contribution in [2.75, 3.05) is 32.7 Å². The van der Waals surface area contributed by atoms with Crippen molar-refractivity contribution < 1.29 is 13.2 Å². The molecule has 36 heavy (non-hydrogen) atoms. The fraction of sp³-hybridized carbons (Fsp3) is 0.607. The zero-order chi connectivity index (χ0) is 25.7. The first-order chi connectivity index (χ1) is 17.3. The van der Waals surface area contributed by atoms with Crippen molar-refractivity contribution in [3.05, 3.63) is 45.4 Å². The monoisotopic (exact) mass is 504 g/mol. The Bertz CT molecular complexity index is 1220. The van der Waals surface area contributed by atoms with E-state index in [4.69, 9.17) is 0 Å². The average molecular weight is 505 g/mol. The van der Waals surface area contributed by atoms with Gasteiger partial charge in [-0.05, 0) is 50.4 Å². The molecule has 8 heteroatoms. The molecule has 3 heterocycles. The molecule has 198 valence electrons. The van der Waals surface area contributed by atoms with E-state index in [-0.39, 0.29) is 10.9 Å². The zero-order valence-corrected chi connectivity index (χ0v) is 21.6. The van der Waals surface area contributed by atoms with Crippen LogP contribution >= 0.6 is 0 Å². The van der Waals surface area contributed by atoms with Crippen LogP contribution < -0.4 is 10.9 Å². The highest BCUT2D eigenvalue weighted by Gasteiger charge is 2.34. The Hall–Kier alpha value is -2.32. The van der Waals surface area contributed by atoms with Gasteiger partial charge in [-0.25, -0.2) is 0 Å². The van der Waals surface area contributed by atoms with Crippen LogP contribution in [-0.2, 0) is 19.1 Å². The van der Waals surface area contributed by atoms with Gasteiger partial charge in [-0.1, -0.05) is 39.0 Å². The van der Waals surface area contributed by atoms with Gasteiger partial charge in [-0.3, -0.25) is 4.79 Å². The van der Waals surface area contributed by atoms with Crippen LogP contribution in [0.15, 0.2) is 23.0 Å². The predicted octanol–water partition coefficient (Wildman–Crippen LogP) is 6.01. The average Bonchev–Trinajstić information content (AvgIpc) is 3.13. The van der Waals surface area contributed by atoms with Crippen LogP contribution in [0.2, 0.25) is 0 Å². The van der Waals surface area contributed by atoms with Gasteiger partial charge >= 0.3 is 6.18 Å². The molecule has 1 aromatic carbocycles. The summed E-state index contributed by atoms with van der Waals surface area (Å²) >= 11 is 0. The van der Waals surface area contributed by atoms with Crippen LogP contribution in [0.1, 0.15) is 68.7 Å². The van der Waals surface area contributed by atoms with E-state index in [1.165, 1.54) is 51.7 Å². The van der Waals surface area contributed by atoms with E-state index >= 15 is 0 Å². The molecular weight excluding hydrogens is 465 g/mol. The predicted molar refractivity (Wildman–Crippen MR) is 141 cm³/mol. The fourth-order valence-electron chi connectivity index (χ4n) is 5.80. The summed E-state index contributed by atoms with van der Waals surface area (Å²) < 4.78 is 43.8. The molecule has 0 bridgehead atoms. The molecule has 1 aliphatic heterocycles. The number of aromatic amines is 1. The van der Waals surface area contributed by atoms with Crippen LogP contribution in [0, 0.1) is 6.92 Å². The van der Waals surface area contributed by atoms with Crippen LogP contribution in [0.5, 0.6) is 0 Å². The molecule has 1 saturated heterocycles. The molecule has 0 aliphatic carbocycles. The summed E-state index contributed by atoms with van der Waals surface area (Å²) in [6.07, 6.45) is 4.53. The Balaban J connectivity index is 1.39. The first-order valence-electron chi connectivity index (χ1n) is 13.5. The third-order valence-corrected chi connectivity index (χ3v) is 7.62. The minimum Gasteiger partial charge on any atom is -0.344 e. The first-order valence-corrected chi connectivity index (χ1v) is 13.5. The normalized spacial score (nSPS) is 15.4. The number of benzene rings is 1. The number of unbranched alkanes of at least 4 members (excludes halogenated alkanes) is 6. The summed E-state index contributed by atoms with van der Waals surface area (Å²) in [7, 11) is 0. The van der Waals surface area contributed by atoms with Crippen molar-refractivity contribution in [1.29, 1.82) is 0 Å². The van der Waals surface area contributed by atoms with Crippen molar-refractivity contribution >= 4 is 21.8 Å². The Morgan fingerprint density at radius 2 is 1.56 bits per heavy atom. The number of aryl methyl sites for hydroxylation is 2. The number of halogens is 3. The lowest BCUT2D eigenvalue weighted by Gasteiger charge is -2.27. The van der Waals surface area contributed by atoms with Crippen molar-refractivity contribution in [3.63, 3.8) is 0 Å². The van der Waals surface area contributed by atoms with Gasteiger partial charge < -0.3 is 19.8 Å². The van der Waals surface area contributed by atoms with E-state index < -0.39 is 17.3 Å². The molecule has 2 aromatic heterocycles. The lowest BCUT2D eigenvalue weighted by Crippen LogP contribution is -2.43. The zero-order valence-electron chi connectivity index (χ0n) is 21.6. The topological polar surface area (TPSA) is 53.1 Å². The van der Waals surface area contributed by atoms with E-state index in [2.05, 4.69) is 19.8 Å². The molecular formula is C28H39F3N4O. The fourth-order valence-corrected chi connectivity index (χ4v) is 5.80. The Morgan fingerprint density at radius 3 is 2.19 bits per heavy atom. The van der Waals surface area contributed by atoms with Gasteiger partial charge in [0, 0.05) is 66.3 Å². The molecule has 1 aliphatic rings. The standard InChI is InChI=1S/C28H39F3N4O/c1-3-23-20(2)26-24(12-11-22-27(26)21(28(29,30)31)19-25(36)33-22)35(23)16-10-8-6-4-5-7-9-15-34-17-13-32-14-18-34/h11-12,19,32H,3-10,13-18H2,1-2H3,(H,33,36). The van der Waals surface area contributed by atoms with Crippen LogP contribution in [-0.4, -0.2) is 47.2 Å². The van der Waals surface area contributed by atoms with Gasteiger partial charge in [0.1, 0.15) is 0 Å². The smallest absolute Gasteiger partial charge is 0.344 e. The number of hydrogen-bond donors (Lipinski definition) is 2. The minimum atomic E-state index is -4.59. The lowest BCUT2D eigenvalue weighted by atomic mass is 10.0. The van der Waals surface area contributed by atoms with Crippen molar-refractivity contribution in [3.8, 4) is 0 Å². The molecule has 0 unspecified atom stereocenters. The van der Waals surface area contributed by atoms with Crippen LogP contribution in [0.25, 0.3) is 21.8 Å². The summed E-state index contributed by atoms with van der Waals surface area (Å²) in [5, 5.41) is 4.10. The maximum atomic E-state index is 13.9. The summed E-state index contributed by atoms with van der Waals surface area (Å²) in [5.74, 6) is 0. The third kappa shape index (κ3) is 5.97. The van der Waals surface area contributed by atoms with Gasteiger partial charge in [0.2, 0.25) is 5.56 Å². The second-order valence-electron chi connectivity index (χ2n) is 10.1. The minimum absolute atomic E-state index is 0.103. The van der Waals surface area contributed by atoms with Crippen LogP contribution in [0.3, 0.4) is 0 Å². The second kappa shape index (κ2) is 11.8. The number of nitrogens with zero attached hydrogens (tertiary/aromatic N) is 2. The van der Waals surface area contributed by atoms with E-state index in [1.807, 2.05) is 19.9 Å². The summed E-state index contributed by atoms with van der Waals surface area (Å²) in [4.78, 5) is 17.0. The quantitative estimate of drug-likeness (QED) is 0.315.